The molecule has 2 unspecified atom stereocenters. The first-order valence-electron chi connectivity index (χ1n) is 21.3. The summed E-state index contributed by atoms with van der Waals surface area (Å²) in [4.78, 5) is 13.3. The minimum absolute atomic E-state index is 0.00813. The number of fused-ring (bicyclic) bond motifs is 2. The average Bonchev–Trinajstić information content (AvgIpc) is 3.58. The third-order valence-electron chi connectivity index (χ3n) is 11.9. The first-order chi connectivity index (χ1) is 30.4. The highest BCUT2D eigenvalue weighted by Gasteiger charge is 2.48. The number of carbonyl (C=O) groups is 1. The number of hydrogen-bond acceptors (Lipinski definition) is 15. The SMILES string of the molecule is COCCCS(=O)(=O)c1ccc2c(c1)C(C)(CCCS(=O)(=O)[O-])/C(=C\C=C\C1=[N+](CCCCCC(=O)O)c3ccc(S(=O)(=O)NCCOC)cc3C1(C)CCCS(=O)(=O)[O-])N2CCOC. The van der Waals surface area contributed by atoms with Crippen molar-refractivity contribution in [2.75, 3.05) is 82.9 Å². The van der Waals surface area contributed by atoms with E-state index in [4.69, 9.17) is 14.2 Å². The minimum Gasteiger partial charge on any atom is -0.748 e. The van der Waals surface area contributed by atoms with E-state index in [2.05, 4.69) is 4.72 Å². The zero-order chi connectivity index (χ0) is 48.3. The number of sulfone groups is 1. The van der Waals surface area contributed by atoms with Gasteiger partial charge in [0.2, 0.25) is 15.7 Å². The molecule has 364 valence electrons. The number of carboxylic acids is 1. The zero-order valence-electron chi connectivity index (χ0n) is 37.6. The largest absolute Gasteiger partial charge is 0.748 e. The smallest absolute Gasteiger partial charge is 0.303 e. The highest BCUT2D eigenvalue weighted by molar-refractivity contribution is 7.91. The molecule has 2 atom stereocenters. The van der Waals surface area contributed by atoms with Gasteiger partial charge in [-0.05, 0) is 101 Å². The third-order valence-corrected chi connectivity index (χ3v) is 16.7. The van der Waals surface area contributed by atoms with Crippen molar-refractivity contribution in [2.24, 2.45) is 0 Å². The molecule has 0 saturated carbocycles. The molecule has 65 heavy (non-hydrogen) atoms. The van der Waals surface area contributed by atoms with Crippen LogP contribution in [0.15, 0.2) is 70.1 Å². The van der Waals surface area contributed by atoms with Gasteiger partial charge in [-0.1, -0.05) is 6.08 Å². The number of hydrogen-bond donors (Lipinski definition) is 2. The molecule has 2 aliphatic rings. The van der Waals surface area contributed by atoms with Crippen molar-refractivity contribution < 1.29 is 71.5 Å². The fraction of sp³-hybridized carbons (Fsp3) is 0.581. The lowest BCUT2D eigenvalue weighted by molar-refractivity contribution is -0.438. The van der Waals surface area contributed by atoms with Crippen LogP contribution >= 0.6 is 0 Å². The van der Waals surface area contributed by atoms with Crippen LogP contribution in [-0.4, -0.2) is 142 Å². The maximum atomic E-state index is 13.5. The van der Waals surface area contributed by atoms with E-state index in [0.717, 1.165) is 0 Å². The number of anilines is 1. The fourth-order valence-corrected chi connectivity index (χ4v) is 12.0. The van der Waals surface area contributed by atoms with Crippen molar-refractivity contribution in [3.05, 3.63) is 71.5 Å². The Bertz CT molecular complexity index is 2560. The molecule has 0 bridgehead atoms. The number of methoxy groups -OCH3 is 3. The third kappa shape index (κ3) is 14.2. The average molecular weight is 989 g/mol. The number of aliphatic carboxylic acids is 1. The Kier molecular flexibility index (Phi) is 19.1. The quantitative estimate of drug-likeness (QED) is 0.0664. The number of sulfonamides is 1. The Morgan fingerprint density at radius 3 is 1.98 bits per heavy atom. The lowest BCUT2D eigenvalue weighted by Crippen LogP contribution is -2.33. The molecule has 0 saturated heterocycles. The summed E-state index contributed by atoms with van der Waals surface area (Å²) < 4.78 is 145. The summed E-state index contributed by atoms with van der Waals surface area (Å²) in [5.41, 5.74) is 1.63. The summed E-state index contributed by atoms with van der Waals surface area (Å²) in [6.07, 6.45) is 7.27. The van der Waals surface area contributed by atoms with E-state index < -0.39 is 68.4 Å². The van der Waals surface area contributed by atoms with Gasteiger partial charge in [0.15, 0.2) is 15.5 Å². The zero-order valence-corrected chi connectivity index (χ0v) is 40.9. The Morgan fingerprint density at radius 1 is 0.754 bits per heavy atom. The van der Waals surface area contributed by atoms with Gasteiger partial charge < -0.3 is 33.3 Å². The van der Waals surface area contributed by atoms with Crippen molar-refractivity contribution in [3.63, 3.8) is 0 Å². The second-order valence-corrected chi connectivity index (χ2v) is 23.5. The molecular weight excluding hydrogens is 927 g/mol. The molecule has 2 aliphatic heterocycles. The van der Waals surface area contributed by atoms with Crippen LogP contribution in [0.3, 0.4) is 0 Å². The molecule has 2 aromatic carbocycles. The normalized spacial score (nSPS) is 19.7. The van der Waals surface area contributed by atoms with Crippen molar-refractivity contribution in [1.29, 1.82) is 0 Å². The number of nitrogens with one attached hydrogen (secondary N) is 1. The monoisotopic (exact) mass is 988 g/mol. The number of ether oxygens (including phenoxy) is 3. The number of carboxylic acid groups (broad SMARTS) is 1. The highest BCUT2D eigenvalue weighted by atomic mass is 32.2. The van der Waals surface area contributed by atoms with Crippen LogP contribution in [0.25, 0.3) is 0 Å². The van der Waals surface area contributed by atoms with E-state index in [1.54, 1.807) is 24.3 Å². The topological polar surface area (TPSA) is 266 Å². The first-order valence-corrected chi connectivity index (χ1v) is 27.6. The molecule has 0 fully saturated rings. The van der Waals surface area contributed by atoms with Gasteiger partial charge in [0.25, 0.3) is 0 Å². The van der Waals surface area contributed by atoms with E-state index in [1.165, 1.54) is 39.5 Å². The maximum Gasteiger partial charge on any atom is 0.303 e. The molecule has 18 nitrogen and oxygen atoms in total. The van der Waals surface area contributed by atoms with Crippen molar-refractivity contribution in [1.82, 2.24) is 4.72 Å². The lowest BCUT2D eigenvalue weighted by Gasteiger charge is -2.30. The second-order valence-electron chi connectivity index (χ2n) is 16.6. The number of allylic oxidation sites excluding steroid dienone is 4. The summed E-state index contributed by atoms with van der Waals surface area (Å²) in [6, 6.07) is 9.49. The van der Waals surface area contributed by atoms with E-state index in [-0.39, 0.29) is 80.4 Å². The molecule has 2 heterocycles. The summed E-state index contributed by atoms with van der Waals surface area (Å²) in [5, 5.41) is 9.25. The van der Waals surface area contributed by atoms with Gasteiger partial charge in [0.05, 0.1) is 54.4 Å². The molecule has 0 spiro atoms. The Labute approximate surface area is 384 Å². The van der Waals surface area contributed by atoms with E-state index >= 15 is 0 Å². The van der Waals surface area contributed by atoms with E-state index in [1.807, 2.05) is 35.5 Å². The van der Waals surface area contributed by atoms with E-state index in [0.29, 0.717) is 66.3 Å². The second kappa shape index (κ2) is 22.9. The molecule has 0 aromatic heterocycles. The van der Waals surface area contributed by atoms with Gasteiger partial charge in [0.1, 0.15) is 6.54 Å². The van der Waals surface area contributed by atoms with Crippen molar-refractivity contribution in [2.45, 2.75) is 92.3 Å². The van der Waals surface area contributed by atoms with Gasteiger partial charge in [-0.25, -0.2) is 38.4 Å². The van der Waals surface area contributed by atoms with Gasteiger partial charge in [-0.3, -0.25) is 4.79 Å². The number of rotatable bonds is 29. The number of unbranched alkanes of at least 4 members (excludes halogenated alkanes) is 2. The Balaban J connectivity index is 1.94. The molecule has 0 radical (unpaired) electrons. The van der Waals surface area contributed by atoms with Gasteiger partial charge in [-0.15, -0.1) is 0 Å². The maximum absolute atomic E-state index is 13.5. The summed E-state index contributed by atoms with van der Waals surface area (Å²) in [6.45, 7) is 4.99. The molecule has 22 heteroatoms. The summed E-state index contributed by atoms with van der Waals surface area (Å²) in [7, 11) is -12.6. The standard InChI is InChI=1S/C43H63N3O15S4/c1-42(20-10-29-63(51,52)53)35-31-33(62(49,50)28-12-25-59-3)16-18-38(35)46(24-27-61-5)40(42)14-9-13-39-43(2,21-11-30-64(54,55)56)36-32-34(65(57,58)44-22-26-60-4)17-19-37(36)45(39)23-8-6-7-15-41(47)48/h9,13-14,16-19,31-32,44H,6-8,10-12,15,20-30H2,1-5H3,(H2-,47,48,51,52,53,54,55,56)/p-1. The van der Waals surface area contributed by atoms with Crippen LogP contribution in [0.5, 0.6) is 0 Å². The van der Waals surface area contributed by atoms with Crippen molar-refractivity contribution >= 4 is 63.2 Å². The number of benzene rings is 2. The molecule has 2 N–H and O–H groups in total. The van der Waals surface area contributed by atoms with Crippen LogP contribution in [0.4, 0.5) is 11.4 Å². The van der Waals surface area contributed by atoms with Crippen LogP contribution in [0.1, 0.15) is 82.8 Å². The Morgan fingerprint density at radius 2 is 1.37 bits per heavy atom. The van der Waals surface area contributed by atoms with Crippen LogP contribution in [0.2, 0.25) is 0 Å². The highest BCUT2D eigenvalue weighted by Crippen LogP contribution is 2.51. The van der Waals surface area contributed by atoms with Crippen LogP contribution < -0.4 is 9.62 Å². The molecule has 0 amide bonds. The first kappa shape index (κ1) is 54.0. The number of nitrogens with zero attached hydrogens (tertiary/aromatic N) is 2. The molecule has 2 aromatic rings. The molecule has 4 rings (SSSR count). The summed E-state index contributed by atoms with van der Waals surface area (Å²) in [5.74, 6) is -2.41. The summed E-state index contributed by atoms with van der Waals surface area (Å²) >= 11 is 0. The molecular formula is C43H62N3O15S4-. The molecule has 0 aliphatic carbocycles. The van der Waals surface area contributed by atoms with Crippen LogP contribution in [0, 0.1) is 0 Å². The predicted octanol–water partition coefficient (Wildman–Crippen LogP) is 3.94. The van der Waals surface area contributed by atoms with Crippen LogP contribution in [-0.2, 0) is 69.9 Å². The van der Waals surface area contributed by atoms with E-state index in [9.17, 15) is 52.7 Å². The Hall–Kier alpha value is -3.58. The van der Waals surface area contributed by atoms with Crippen molar-refractivity contribution in [3.8, 4) is 0 Å². The minimum atomic E-state index is -4.62. The lowest BCUT2D eigenvalue weighted by atomic mass is 9.75. The predicted molar refractivity (Wildman–Crippen MR) is 243 cm³/mol. The van der Waals surface area contributed by atoms with Gasteiger partial charge >= 0.3 is 5.97 Å². The van der Waals surface area contributed by atoms with Gasteiger partial charge in [-0.2, -0.15) is 4.58 Å². The van der Waals surface area contributed by atoms with Gasteiger partial charge in [0, 0.05) is 99.9 Å². The fourth-order valence-electron chi connectivity index (χ4n) is 8.65.